The zero-order valence-electron chi connectivity index (χ0n) is 5.96. The molecule has 0 fully saturated rings. The summed E-state index contributed by atoms with van der Waals surface area (Å²) in [6, 6.07) is 0. The van der Waals surface area contributed by atoms with Gasteiger partial charge >= 0.3 is 0 Å². The van der Waals surface area contributed by atoms with Gasteiger partial charge in [-0.15, -0.1) is 0 Å². The largest absolute Gasteiger partial charge is 0.385 e. The Morgan fingerprint density at radius 2 is 1.83 bits per heavy atom. The number of rotatable bonds is 1. The summed E-state index contributed by atoms with van der Waals surface area (Å²) in [5.41, 5.74) is 0.246. The molecule has 1 rings (SSSR count). The minimum absolute atomic E-state index is 0.108. The first-order chi connectivity index (χ1) is 5.57. The van der Waals surface area contributed by atoms with Gasteiger partial charge in [0.1, 0.15) is 10.0 Å². The Morgan fingerprint density at radius 1 is 1.25 bits per heavy atom. The van der Waals surface area contributed by atoms with Crippen molar-refractivity contribution in [3.8, 4) is 0 Å². The lowest BCUT2D eigenvalue weighted by Crippen LogP contribution is -1.96. The van der Waals surface area contributed by atoms with Gasteiger partial charge < -0.3 is 5.32 Å². The SMILES string of the molecule is CNc1c(Cl)c(F)nc(Cl)c1Cl. The molecule has 1 aromatic heterocycles. The van der Waals surface area contributed by atoms with Gasteiger partial charge in [0, 0.05) is 7.05 Å². The van der Waals surface area contributed by atoms with E-state index in [9.17, 15) is 4.39 Å². The molecule has 1 N–H and O–H groups in total. The van der Waals surface area contributed by atoms with Crippen LogP contribution < -0.4 is 5.32 Å². The van der Waals surface area contributed by atoms with Crippen LogP contribution in [-0.2, 0) is 0 Å². The van der Waals surface area contributed by atoms with Crippen LogP contribution in [0, 0.1) is 5.95 Å². The molecule has 0 unspecified atom stereocenters. The molecule has 0 radical (unpaired) electrons. The maximum absolute atomic E-state index is 12.8. The topological polar surface area (TPSA) is 24.9 Å². The second-order valence-corrected chi connectivity index (χ2v) is 3.06. The second-order valence-electron chi connectivity index (χ2n) is 1.95. The monoisotopic (exact) mass is 228 g/mol. The van der Waals surface area contributed by atoms with Gasteiger partial charge in [-0.1, -0.05) is 34.8 Å². The summed E-state index contributed by atoms with van der Waals surface area (Å²) in [5, 5.41) is 2.46. The van der Waals surface area contributed by atoms with E-state index in [1.54, 1.807) is 7.05 Å². The lowest BCUT2D eigenvalue weighted by Gasteiger charge is -2.06. The average molecular weight is 229 g/mol. The van der Waals surface area contributed by atoms with E-state index in [0.29, 0.717) is 0 Å². The fourth-order valence-electron chi connectivity index (χ4n) is 0.706. The minimum Gasteiger partial charge on any atom is -0.385 e. The van der Waals surface area contributed by atoms with E-state index in [1.165, 1.54) is 0 Å². The van der Waals surface area contributed by atoms with Crippen LogP contribution >= 0.6 is 34.8 Å². The van der Waals surface area contributed by atoms with E-state index in [1.807, 2.05) is 0 Å². The Kier molecular flexibility index (Phi) is 2.99. The van der Waals surface area contributed by atoms with Crippen LogP contribution in [0.2, 0.25) is 15.2 Å². The van der Waals surface area contributed by atoms with Gasteiger partial charge in [0.2, 0.25) is 5.95 Å². The summed E-state index contributed by atoms with van der Waals surface area (Å²) >= 11 is 16.7. The van der Waals surface area contributed by atoms with Gasteiger partial charge in [-0.3, -0.25) is 0 Å². The summed E-state index contributed by atoms with van der Waals surface area (Å²) in [6.07, 6.45) is 0. The summed E-state index contributed by atoms with van der Waals surface area (Å²) in [7, 11) is 1.56. The van der Waals surface area contributed by atoms with Crippen molar-refractivity contribution in [1.29, 1.82) is 0 Å². The van der Waals surface area contributed by atoms with Crippen molar-refractivity contribution < 1.29 is 4.39 Å². The number of hydrogen-bond acceptors (Lipinski definition) is 2. The first-order valence-corrected chi connectivity index (χ1v) is 4.09. The zero-order chi connectivity index (χ0) is 9.30. The quantitative estimate of drug-likeness (QED) is 0.748. The van der Waals surface area contributed by atoms with E-state index in [4.69, 9.17) is 34.8 Å². The van der Waals surface area contributed by atoms with Crippen LogP contribution in [-0.4, -0.2) is 12.0 Å². The molecule has 0 aliphatic rings. The lowest BCUT2D eigenvalue weighted by atomic mass is 10.4. The van der Waals surface area contributed by atoms with Crippen LogP contribution in [0.25, 0.3) is 0 Å². The van der Waals surface area contributed by atoms with Gasteiger partial charge in [0.25, 0.3) is 0 Å². The summed E-state index contributed by atoms with van der Waals surface area (Å²) in [6.45, 7) is 0. The number of aromatic nitrogens is 1. The molecule has 0 aliphatic heterocycles. The number of halogens is 4. The third-order valence-corrected chi connectivity index (χ3v) is 2.33. The zero-order valence-corrected chi connectivity index (χ0v) is 8.23. The molecule has 66 valence electrons. The highest BCUT2D eigenvalue weighted by atomic mass is 35.5. The molecule has 1 aromatic rings. The number of hydrogen-bond donors (Lipinski definition) is 1. The number of nitrogens with zero attached hydrogens (tertiary/aromatic N) is 1. The molecule has 0 saturated carbocycles. The predicted molar refractivity (Wildman–Crippen MR) is 48.8 cm³/mol. The third-order valence-electron chi connectivity index (χ3n) is 1.25. The van der Waals surface area contributed by atoms with Crippen LogP contribution in [0.15, 0.2) is 0 Å². The Hall–Kier alpha value is -0.250. The van der Waals surface area contributed by atoms with Crippen molar-refractivity contribution in [2.75, 3.05) is 12.4 Å². The molecule has 0 bridgehead atoms. The lowest BCUT2D eigenvalue weighted by molar-refractivity contribution is 0.585. The van der Waals surface area contributed by atoms with Crippen LogP contribution in [0.1, 0.15) is 0 Å². The molecule has 0 aliphatic carbocycles. The van der Waals surface area contributed by atoms with E-state index in [-0.39, 0.29) is 20.9 Å². The Morgan fingerprint density at radius 3 is 2.33 bits per heavy atom. The molecule has 6 heteroatoms. The average Bonchev–Trinajstić information content (AvgIpc) is 2.02. The Bertz CT molecular complexity index is 290. The standard InChI is InChI=1S/C6H4Cl3FN2/c1-11-4-2(7)5(9)12-6(10)3(4)8/h1H3,(H,11,12). The number of pyridine rings is 1. The first kappa shape index (κ1) is 9.84. The number of nitrogens with one attached hydrogen (secondary N) is 1. The highest BCUT2D eigenvalue weighted by Crippen LogP contribution is 2.35. The van der Waals surface area contributed by atoms with Crippen molar-refractivity contribution in [2.45, 2.75) is 0 Å². The van der Waals surface area contributed by atoms with Crippen molar-refractivity contribution in [3.05, 3.63) is 21.1 Å². The minimum atomic E-state index is -0.838. The molecule has 0 saturated heterocycles. The fourth-order valence-corrected chi connectivity index (χ4v) is 1.39. The molecule has 0 amide bonds. The predicted octanol–water partition coefficient (Wildman–Crippen LogP) is 3.22. The van der Waals surface area contributed by atoms with Crippen LogP contribution in [0.5, 0.6) is 0 Å². The molecule has 0 spiro atoms. The van der Waals surface area contributed by atoms with Gasteiger partial charge in [0.05, 0.1) is 5.69 Å². The van der Waals surface area contributed by atoms with Crippen molar-refractivity contribution in [2.24, 2.45) is 0 Å². The Balaban J connectivity index is 3.42. The van der Waals surface area contributed by atoms with Gasteiger partial charge in [-0.25, -0.2) is 4.98 Å². The molecule has 0 aromatic carbocycles. The highest BCUT2D eigenvalue weighted by Gasteiger charge is 2.14. The molecule has 1 heterocycles. The summed E-state index contributed by atoms with van der Waals surface area (Å²) in [5.74, 6) is -0.838. The van der Waals surface area contributed by atoms with Crippen molar-refractivity contribution in [1.82, 2.24) is 4.98 Å². The molecular formula is C6H4Cl3FN2. The maximum Gasteiger partial charge on any atom is 0.235 e. The van der Waals surface area contributed by atoms with Crippen molar-refractivity contribution in [3.63, 3.8) is 0 Å². The van der Waals surface area contributed by atoms with Gasteiger partial charge in [0.15, 0.2) is 5.15 Å². The molecule has 12 heavy (non-hydrogen) atoms. The van der Waals surface area contributed by atoms with Crippen molar-refractivity contribution >= 4 is 40.5 Å². The molecular weight excluding hydrogens is 225 g/mol. The van der Waals surface area contributed by atoms with E-state index < -0.39 is 5.95 Å². The maximum atomic E-state index is 12.8. The smallest absolute Gasteiger partial charge is 0.235 e. The fraction of sp³-hybridized carbons (Fsp3) is 0.167. The van der Waals surface area contributed by atoms with E-state index in [2.05, 4.69) is 10.3 Å². The number of anilines is 1. The van der Waals surface area contributed by atoms with Gasteiger partial charge in [-0.05, 0) is 0 Å². The second kappa shape index (κ2) is 3.64. The van der Waals surface area contributed by atoms with E-state index in [0.717, 1.165) is 0 Å². The Labute approximate surface area is 83.6 Å². The van der Waals surface area contributed by atoms with Crippen LogP contribution in [0.4, 0.5) is 10.1 Å². The van der Waals surface area contributed by atoms with E-state index >= 15 is 0 Å². The summed E-state index contributed by atoms with van der Waals surface area (Å²) in [4.78, 5) is 3.28. The summed E-state index contributed by atoms with van der Waals surface area (Å²) < 4.78 is 12.8. The highest BCUT2D eigenvalue weighted by molar-refractivity contribution is 6.45. The normalized spacial score (nSPS) is 10.1. The van der Waals surface area contributed by atoms with Crippen LogP contribution in [0.3, 0.4) is 0 Å². The molecule has 2 nitrogen and oxygen atoms in total. The van der Waals surface area contributed by atoms with Gasteiger partial charge in [-0.2, -0.15) is 4.39 Å². The molecule has 0 atom stereocenters. The first-order valence-electron chi connectivity index (χ1n) is 2.95. The third kappa shape index (κ3) is 1.58.